The average molecular weight is 472 g/mol. The summed E-state index contributed by atoms with van der Waals surface area (Å²) in [5, 5.41) is 20.9. The van der Waals surface area contributed by atoms with Crippen LogP contribution in [0.3, 0.4) is 0 Å². The molecule has 35 heavy (non-hydrogen) atoms. The minimum Gasteiger partial charge on any atom is -0.502 e. The maximum Gasteiger partial charge on any atom is 0.335 e. The zero-order chi connectivity index (χ0) is 24.7. The fraction of sp³-hybridized carbons (Fsp3) is 0.222. The Bertz CT molecular complexity index is 1500. The first-order valence-corrected chi connectivity index (χ1v) is 11.3. The number of hydrogen-bond donors (Lipinski definition) is 3. The van der Waals surface area contributed by atoms with Crippen LogP contribution in [-0.4, -0.2) is 38.5 Å². The molecular formula is C27H24N2O6. The number of aryl methyl sites for hydroxylation is 1. The number of carboxylic acid groups (broad SMARTS) is 1. The fourth-order valence-corrected chi connectivity index (χ4v) is 4.79. The first-order chi connectivity index (χ1) is 16.8. The molecule has 8 nitrogen and oxygen atoms in total. The highest BCUT2D eigenvalue weighted by Gasteiger charge is 2.30. The minimum absolute atomic E-state index is 0.00487. The van der Waals surface area contributed by atoms with Crippen molar-refractivity contribution >= 4 is 22.8 Å². The van der Waals surface area contributed by atoms with Gasteiger partial charge in [0, 0.05) is 35.6 Å². The van der Waals surface area contributed by atoms with Crippen LogP contribution in [0.15, 0.2) is 63.8 Å². The van der Waals surface area contributed by atoms with Crippen LogP contribution >= 0.6 is 0 Å². The van der Waals surface area contributed by atoms with Crippen molar-refractivity contribution in [3.63, 3.8) is 0 Å². The molecular weight excluding hydrogens is 448 g/mol. The van der Waals surface area contributed by atoms with Crippen LogP contribution in [0.4, 0.5) is 0 Å². The van der Waals surface area contributed by atoms with Crippen LogP contribution in [0.1, 0.15) is 51.0 Å². The van der Waals surface area contributed by atoms with E-state index in [0.29, 0.717) is 30.8 Å². The number of amides is 1. The van der Waals surface area contributed by atoms with Gasteiger partial charge in [-0.15, -0.1) is 0 Å². The molecule has 1 amide bonds. The van der Waals surface area contributed by atoms with E-state index < -0.39 is 23.1 Å². The standard InChI is InChI=1S/C27H24N2O6/c1-15-12-23(30)25(32)26(35-15)20(16-6-8-17(9-7-16)27(33)34)13-24(31)29-11-10-19-18-4-2-3-5-21(18)28-22(19)14-29/h2-9,12,20,28,32H,10-11,13-14H2,1H3,(H,33,34)/t20-/m0/s1. The van der Waals surface area contributed by atoms with E-state index in [2.05, 4.69) is 11.1 Å². The number of nitrogens with one attached hydrogen (secondary N) is 1. The van der Waals surface area contributed by atoms with Crippen molar-refractivity contribution in [1.29, 1.82) is 0 Å². The highest BCUT2D eigenvalue weighted by atomic mass is 16.4. The average Bonchev–Trinajstić information content (AvgIpc) is 3.22. The molecule has 3 heterocycles. The van der Waals surface area contributed by atoms with Crippen molar-refractivity contribution in [2.45, 2.75) is 32.2 Å². The molecule has 2 aromatic carbocycles. The third-order valence-corrected chi connectivity index (χ3v) is 6.56. The number of nitrogens with zero attached hydrogens (tertiary/aromatic N) is 1. The van der Waals surface area contributed by atoms with Gasteiger partial charge in [-0.05, 0) is 42.7 Å². The lowest BCUT2D eigenvalue weighted by Crippen LogP contribution is -2.36. The van der Waals surface area contributed by atoms with Crippen LogP contribution in [-0.2, 0) is 17.8 Å². The molecule has 8 heteroatoms. The maximum atomic E-state index is 13.5. The van der Waals surface area contributed by atoms with E-state index in [1.807, 2.05) is 18.2 Å². The summed E-state index contributed by atoms with van der Waals surface area (Å²) >= 11 is 0. The highest BCUT2D eigenvalue weighted by Crippen LogP contribution is 2.35. The first-order valence-electron chi connectivity index (χ1n) is 11.3. The van der Waals surface area contributed by atoms with E-state index in [-0.39, 0.29) is 23.7 Å². The number of aromatic hydroxyl groups is 1. The monoisotopic (exact) mass is 472 g/mol. The van der Waals surface area contributed by atoms with Gasteiger partial charge in [-0.25, -0.2) is 4.79 Å². The van der Waals surface area contributed by atoms with Gasteiger partial charge in [0.1, 0.15) is 5.76 Å². The number of aromatic carboxylic acids is 1. The molecule has 178 valence electrons. The zero-order valence-electron chi connectivity index (χ0n) is 19.1. The SMILES string of the molecule is Cc1cc(=O)c(O)c([C@@H](CC(=O)N2CCc3c([nH]c4ccccc34)C2)c2ccc(C(=O)O)cc2)o1. The number of hydrogen-bond acceptors (Lipinski definition) is 5. The molecule has 0 spiro atoms. The van der Waals surface area contributed by atoms with E-state index >= 15 is 0 Å². The Hall–Kier alpha value is -4.33. The van der Waals surface area contributed by atoms with Crippen LogP contribution < -0.4 is 5.43 Å². The van der Waals surface area contributed by atoms with Gasteiger partial charge in [-0.1, -0.05) is 30.3 Å². The summed E-state index contributed by atoms with van der Waals surface area (Å²) in [6.45, 7) is 2.57. The maximum absolute atomic E-state index is 13.5. The van der Waals surface area contributed by atoms with Crippen LogP contribution in [0, 0.1) is 6.92 Å². The lowest BCUT2D eigenvalue weighted by atomic mass is 9.90. The Morgan fingerprint density at radius 1 is 1.14 bits per heavy atom. The van der Waals surface area contributed by atoms with Gasteiger partial charge < -0.3 is 24.5 Å². The molecule has 4 aromatic rings. The van der Waals surface area contributed by atoms with Crippen molar-refractivity contribution in [2.75, 3.05) is 6.54 Å². The summed E-state index contributed by atoms with van der Waals surface area (Å²) in [6, 6.07) is 15.2. The topological polar surface area (TPSA) is 124 Å². The summed E-state index contributed by atoms with van der Waals surface area (Å²) in [5.41, 5.74) is 3.32. The summed E-state index contributed by atoms with van der Waals surface area (Å²) in [6.07, 6.45) is 0.662. The number of aromatic nitrogens is 1. The predicted molar refractivity (Wildman–Crippen MR) is 129 cm³/mol. The zero-order valence-corrected chi connectivity index (χ0v) is 19.1. The summed E-state index contributed by atoms with van der Waals surface area (Å²) in [4.78, 5) is 42.2. The lowest BCUT2D eigenvalue weighted by molar-refractivity contribution is -0.132. The molecule has 0 saturated carbocycles. The van der Waals surface area contributed by atoms with E-state index in [9.17, 15) is 24.6 Å². The highest BCUT2D eigenvalue weighted by molar-refractivity contribution is 5.88. The summed E-state index contributed by atoms with van der Waals surface area (Å²) < 4.78 is 5.72. The number of para-hydroxylation sites is 1. The van der Waals surface area contributed by atoms with E-state index in [0.717, 1.165) is 16.6 Å². The Morgan fingerprint density at radius 2 is 1.89 bits per heavy atom. The molecule has 2 aromatic heterocycles. The molecule has 3 N–H and O–H groups in total. The van der Waals surface area contributed by atoms with Crippen LogP contribution in [0.5, 0.6) is 5.75 Å². The second-order valence-corrected chi connectivity index (χ2v) is 8.81. The number of carboxylic acids is 1. The molecule has 0 bridgehead atoms. The van der Waals surface area contributed by atoms with E-state index in [1.54, 1.807) is 24.0 Å². The molecule has 0 radical (unpaired) electrons. The predicted octanol–water partition coefficient (Wildman–Crippen LogP) is 3.94. The van der Waals surface area contributed by atoms with E-state index in [4.69, 9.17) is 4.42 Å². The molecule has 1 aliphatic heterocycles. The largest absolute Gasteiger partial charge is 0.502 e. The third kappa shape index (κ3) is 4.19. The molecule has 5 rings (SSSR count). The summed E-state index contributed by atoms with van der Waals surface area (Å²) in [7, 11) is 0. The molecule has 0 aliphatic carbocycles. The molecule has 1 atom stereocenters. The minimum atomic E-state index is -1.07. The number of rotatable bonds is 5. The van der Waals surface area contributed by atoms with Crippen molar-refractivity contribution in [2.24, 2.45) is 0 Å². The summed E-state index contributed by atoms with van der Waals surface area (Å²) in [5.74, 6) is -2.24. The number of carbonyl (C=O) groups is 2. The van der Waals surface area contributed by atoms with Gasteiger partial charge in [-0.3, -0.25) is 9.59 Å². The number of aromatic amines is 1. The number of benzene rings is 2. The lowest BCUT2D eigenvalue weighted by Gasteiger charge is -2.29. The van der Waals surface area contributed by atoms with Crippen molar-refractivity contribution in [3.05, 3.63) is 98.7 Å². The fourth-order valence-electron chi connectivity index (χ4n) is 4.79. The van der Waals surface area contributed by atoms with Crippen LogP contribution in [0.2, 0.25) is 0 Å². The van der Waals surface area contributed by atoms with Crippen molar-refractivity contribution in [1.82, 2.24) is 9.88 Å². The Morgan fingerprint density at radius 3 is 2.63 bits per heavy atom. The van der Waals surface area contributed by atoms with Gasteiger partial charge in [0.05, 0.1) is 18.0 Å². The number of fused-ring (bicyclic) bond motifs is 3. The quantitative estimate of drug-likeness (QED) is 0.404. The first kappa shape index (κ1) is 22.5. The van der Waals surface area contributed by atoms with Gasteiger partial charge in [0.2, 0.25) is 17.1 Å². The van der Waals surface area contributed by atoms with Crippen LogP contribution in [0.25, 0.3) is 10.9 Å². The normalized spacial score (nSPS) is 14.0. The Balaban J connectivity index is 1.47. The number of carbonyl (C=O) groups excluding carboxylic acids is 1. The Kier molecular flexibility index (Phi) is 5.64. The van der Waals surface area contributed by atoms with Gasteiger partial charge >= 0.3 is 5.97 Å². The molecule has 0 unspecified atom stereocenters. The van der Waals surface area contributed by atoms with Crippen molar-refractivity contribution in [3.8, 4) is 5.75 Å². The second-order valence-electron chi connectivity index (χ2n) is 8.81. The van der Waals surface area contributed by atoms with E-state index in [1.165, 1.54) is 23.8 Å². The van der Waals surface area contributed by atoms with Gasteiger partial charge in [0.15, 0.2) is 5.76 Å². The molecule has 0 saturated heterocycles. The second kappa shape index (κ2) is 8.79. The molecule has 0 fully saturated rings. The van der Waals surface area contributed by atoms with Crippen molar-refractivity contribution < 1.29 is 24.2 Å². The number of H-pyrrole nitrogens is 1. The smallest absolute Gasteiger partial charge is 0.335 e. The van der Waals surface area contributed by atoms with Gasteiger partial charge in [0.25, 0.3) is 0 Å². The molecule has 1 aliphatic rings. The third-order valence-electron chi connectivity index (χ3n) is 6.56. The Labute approximate surface area is 200 Å². The van der Waals surface area contributed by atoms with Gasteiger partial charge in [-0.2, -0.15) is 0 Å².